The summed E-state index contributed by atoms with van der Waals surface area (Å²) in [4.78, 5) is 14.1. The second kappa shape index (κ2) is 5.98. The molecule has 1 aromatic rings. The summed E-state index contributed by atoms with van der Waals surface area (Å²) in [5, 5.41) is 3.00. The predicted molar refractivity (Wildman–Crippen MR) is 71.8 cm³/mol. The molecule has 3 N–H and O–H groups in total. The van der Waals surface area contributed by atoms with Gasteiger partial charge in [0.15, 0.2) is 0 Å². The minimum absolute atomic E-state index is 0.151. The summed E-state index contributed by atoms with van der Waals surface area (Å²) in [7, 11) is 2.05. The van der Waals surface area contributed by atoms with Gasteiger partial charge >= 0.3 is 0 Å². The maximum absolute atomic E-state index is 11.9. The van der Waals surface area contributed by atoms with Gasteiger partial charge in [0.2, 0.25) is 5.91 Å². The van der Waals surface area contributed by atoms with Crippen LogP contribution in [0, 0.1) is 5.92 Å². The normalized spacial score (nSPS) is 20.0. The van der Waals surface area contributed by atoms with Crippen LogP contribution >= 0.6 is 0 Å². The summed E-state index contributed by atoms with van der Waals surface area (Å²) in [5.41, 5.74) is 7.77. The average molecular weight is 247 g/mol. The first-order valence-corrected chi connectivity index (χ1v) is 6.43. The highest BCUT2D eigenvalue weighted by Gasteiger charge is 2.25. The lowest BCUT2D eigenvalue weighted by molar-refractivity contribution is -0.124. The second-order valence-corrected chi connectivity index (χ2v) is 4.99. The van der Waals surface area contributed by atoms with Gasteiger partial charge in [0, 0.05) is 19.6 Å². The van der Waals surface area contributed by atoms with Crippen molar-refractivity contribution in [1.29, 1.82) is 0 Å². The Labute approximate surface area is 108 Å². The van der Waals surface area contributed by atoms with Crippen LogP contribution in [0.25, 0.3) is 0 Å². The molecular weight excluding hydrogens is 226 g/mol. The first kappa shape index (κ1) is 13.1. The van der Waals surface area contributed by atoms with Crippen molar-refractivity contribution in [2.45, 2.75) is 19.5 Å². The van der Waals surface area contributed by atoms with Crippen molar-refractivity contribution in [3.8, 4) is 0 Å². The molecule has 1 aliphatic rings. The van der Waals surface area contributed by atoms with Crippen LogP contribution in [0.4, 0.5) is 0 Å². The number of amides is 1. The molecule has 1 saturated heterocycles. The van der Waals surface area contributed by atoms with Gasteiger partial charge in [-0.05, 0) is 31.1 Å². The van der Waals surface area contributed by atoms with E-state index in [4.69, 9.17) is 5.73 Å². The summed E-state index contributed by atoms with van der Waals surface area (Å²) >= 11 is 0. The van der Waals surface area contributed by atoms with Gasteiger partial charge in [-0.3, -0.25) is 4.79 Å². The Morgan fingerprint density at radius 1 is 1.39 bits per heavy atom. The van der Waals surface area contributed by atoms with E-state index in [1.165, 1.54) is 0 Å². The Morgan fingerprint density at radius 2 is 2.06 bits per heavy atom. The summed E-state index contributed by atoms with van der Waals surface area (Å²) in [6.45, 7) is 3.05. The van der Waals surface area contributed by atoms with Crippen LogP contribution in [0.15, 0.2) is 24.3 Å². The average Bonchev–Trinajstić information content (AvgIpc) is 2.83. The van der Waals surface area contributed by atoms with Crippen LogP contribution in [0.2, 0.25) is 0 Å². The molecule has 1 unspecified atom stereocenters. The highest BCUT2D eigenvalue weighted by molar-refractivity contribution is 5.79. The number of carbonyl (C=O) groups excluding carboxylic acids is 1. The molecule has 1 aromatic carbocycles. The Morgan fingerprint density at radius 3 is 2.61 bits per heavy atom. The van der Waals surface area contributed by atoms with Gasteiger partial charge in [-0.25, -0.2) is 0 Å². The second-order valence-electron chi connectivity index (χ2n) is 4.99. The molecular formula is C14H21N3O. The van der Waals surface area contributed by atoms with E-state index < -0.39 is 0 Å². The fraction of sp³-hybridized carbons (Fsp3) is 0.500. The smallest absolute Gasteiger partial charge is 0.224 e. The molecule has 0 aromatic heterocycles. The topological polar surface area (TPSA) is 58.4 Å². The van der Waals surface area contributed by atoms with Crippen molar-refractivity contribution < 1.29 is 4.79 Å². The first-order valence-electron chi connectivity index (χ1n) is 6.43. The Bertz CT molecular complexity index is 402. The van der Waals surface area contributed by atoms with E-state index in [9.17, 15) is 4.79 Å². The van der Waals surface area contributed by atoms with Gasteiger partial charge in [-0.1, -0.05) is 24.3 Å². The lowest BCUT2D eigenvalue weighted by Crippen LogP contribution is -2.31. The highest BCUT2D eigenvalue weighted by Crippen LogP contribution is 2.14. The van der Waals surface area contributed by atoms with Crippen LogP contribution in [-0.4, -0.2) is 30.9 Å². The maximum Gasteiger partial charge on any atom is 0.224 e. The van der Waals surface area contributed by atoms with Gasteiger partial charge in [0.1, 0.15) is 0 Å². The van der Waals surface area contributed by atoms with E-state index in [0.29, 0.717) is 13.1 Å². The molecule has 1 fully saturated rings. The Kier molecular flexibility index (Phi) is 4.33. The van der Waals surface area contributed by atoms with Gasteiger partial charge in [-0.2, -0.15) is 0 Å². The monoisotopic (exact) mass is 247 g/mol. The number of nitrogens with one attached hydrogen (secondary N) is 1. The number of nitrogens with two attached hydrogens (primary N) is 1. The summed E-state index contributed by atoms with van der Waals surface area (Å²) in [6, 6.07) is 8.04. The molecule has 4 heteroatoms. The Hall–Kier alpha value is -1.39. The van der Waals surface area contributed by atoms with E-state index in [2.05, 4.69) is 17.3 Å². The zero-order valence-corrected chi connectivity index (χ0v) is 10.9. The van der Waals surface area contributed by atoms with Crippen LogP contribution in [0.5, 0.6) is 0 Å². The lowest BCUT2D eigenvalue weighted by Gasteiger charge is -2.11. The molecule has 0 bridgehead atoms. The summed E-state index contributed by atoms with van der Waals surface area (Å²) in [5.74, 6) is 0.320. The number of rotatable bonds is 4. The van der Waals surface area contributed by atoms with E-state index in [1.54, 1.807) is 0 Å². The number of hydrogen-bond donors (Lipinski definition) is 2. The highest BCUT2D eigenvalue weighted by atomic mass is 16.1. The standard InChI is InChI=1S/C14H21N3O/c1-17-7-6-13(10-17)14(18)16-9-12-4-2-11(8-15)3-5-12/h2-5,13H,6-10,15H2,1H3,(H,16,18). The number of nitrogens with zero attached hydrogens (tertiary/aromatic N) is 1. The molecule has 1 aliphatic heterocycles. The minimum Gasteiger partial charge on any atom is -0.352 e. The predicted octanol–water partition coefficient (Wildman–Crippen LogP) is 0.713. The van der Waals surface area contributed by atoms with Crippen molar-refractivity contribution in [2.24, 2.45) is 11.7 Å². The largest absolute Gasteiger partial charge is 0.352 e. The van der Waals surface area contributed by atoms with Gasteiger partial charge < -0.3 is 16.0 Å². The molecule has 0 radical (unpaired) electrons. The van der Waals surface area contributed by atoms with E-state index in [0.717, 1.165) is 30.6 Å². The molecule has 18 heavy (non-hydrogen) atoms. The van der Waals surface area contributed by atoms with Crippen LogP contribution in [-0.2, 0) is 17.9 Å². The quantitative estimate of drug-likeness (QED) is 0.824. The molecule has 1 atom stereocenters. The van der Waals surface area contributed by atoms with Crippen molar-refractivity contribution in [3.05, 3.63) is 35.4 Å². The molecule has 0 spiro atoms. The lowest BCUT2D eigenvalue weighted by atomic mass is 10.1. The van der Waals surface area contributed by atoms with Crippen molar-refractivity contribution in [3.63, 3.8) is 0 Å². The number of benzene rings is 1. The SMILES string of the molecule is CN1CCC(C(=O)NCc2ccc(CN)cc2)C1. The zero-order chi connectivity index (χ0) is 13.0. The van der Waals surface area contributed by atoms with E-state index in [1.807, 2.05) is 24.3 Å². The molecule has 0 saturated carbocycles. The maximum atomic E-state index is 11.9. The molecule has 2 rings (SSSR count). The van der Waals surface area contributed by atoms with Crippen molar-refractivity contribution >= 4 is 5.91 Å². The molecule has 0 aliphatic carbocycles. The van der Waals surface area contributed by atoms with Crippen molar-refractivity contribution in [1.82, 2.24) is 10.2 Å². The minimum atomic E-state index is 0.151. The number of hydrogen-bond acceptors (Lipinski definition) is 3. The fourth-order valence-electron chi connectivity index (χ4n) is 2.28. The van der Waals surface area contributed by atoms with Crippen LogP contribution in [0.1, 0.15) is 17.5 Å². The first-order chi connectivity index (χ1) is 8.69. The van der Waals surface area contributed by atoms with Gasteiger partial charge in [0.05, 0.1) is 5.92 Å². The van der Waals surface area contributed by atoms with Crippen molar-refractivity contribution in [2.75, 3.05) is 20.1 Å². The molecule has 1 amide bonds. The Balaban J connectivity index is 1.81. The molecule has 1 heterocycles. The third-order valence-corrected chi connectivity index (χ3v) is 3.49. The third kappa shape index (κ3) is 3.31. The fourth-order valence-corrected chi connectivity index (χ4v) is 2.28. The zero-order valence-electron chi connectivity index (χ0n) is 10.9. The third-order valence-electron chi connectivity index (χ3n) is 3.49. The van der Waals surface area contributed by atoms with E-state index in [-0.39, 0.29) is 11.8 Å². The molecule has 98 valence electrons. The summed E-state index contributed by atoms with van der Waals surface area (Å²) < 4.78 is 0. The number of likely N-dealkylation sites (tertiary alicyclic amines) is 1. The van der Waals surface area contributed by atoms with E-state index >= 15 is 0 Å². The van der Waals surface area contributed by atoms with Crippen LogP contribution in [0.3, 0.4) is 0 Å². The summed E-state index contributed by atoms with van der Waals surface area (Å²) in [6.07, 6.45) is 0.967. The van der Waals surface area contributed by atoms with Gasteiger partial charge in [0.25, 0.3) is 0 Å². The van der Waals surface area contributed by atoms with Gasteiger partial charge in [-0.15, -0.1) is 0 Å². The van der Waals surface area contributed by atoms with Crippen LogP contribution < -0.4 is 11.1 Å². The molecule has 4 nitrogen and oxygen atoms in total. The number of carbonyl (C=O) groups is 1.